The Morgan fingerprint density at radius 1 is 1.22 bits per heavy atom. The van der Waals surface area contributed by atoms with Crippen LogP contribution in [0.5, 0.6) is 0 Å². The number of likely N-dealkylation sites (tertiary alicyclic amines) is 1. The summed E-state index contributed by atoms with van der Waals surface area (Å²) >= 11 is 0. The Bertz CT molecular complexity index is 430. The molecule has 1 unspecified atom stereocenters. The van der Waals surface area contributed by atoms with Crippen molar-refractivity contribution in [3.05, 3.63) is 35.9 Å². The molecule has 1 aromatic carbocycles. The van der Waals surface area contributed by atoms with Crippen LogP contribution in [-0.2, 0) is 0 Å². The normalized spacial score (nSPS) is 17.9. The van der Waals surface area contributed by atoms with Gasteiger partial charge in [-0.25, -0.2) is 0 Å². The standard InChI is InChI=1S/C15H18N2O/c16-12-14(17-9-5-2-6-10-17)11-15(18)13-7-3-1-4-8-13/h1,3-4,7-8,14H,2,5-6,9-11H2. The van der Waals surface area contributed by atoms with Crippen molar-refractivity contribution in [2.24, 2.45) is 0 Å². The topological polar surface area (TPSA) is 44.1 Å². The number of rotatable bonds is 4. The smallest absolute Gasteiger partial charge is 0.165 e. The van der Waals surface area contributed by atoms with Crippen LogP contribution in [0.25, 0.3) is 0 Å². The zero-order valence-corrected chi connectivity index (χ0v) is 10.5. The molecule has 1 fully saturated rings. The third-order valence-electron chi connectivity index (χ3n) is 3.45. The van der Waals surface area contributed by atoms with Gasteiger partial charge in [-0.2, -0.15) is 5.26 Å². The maximum Gasteiger partial charge on any atom is 0.165 e. The van der Waals surface area contributed by atoms with Crippen LogP contribution in [0.1, 0.15) is 36.0 Å². The van der Waals surface area contributed by atoms with Crippen LogP contribution in [0.3, 0.4) is 0 Å². The number of nitrogens with zero attached hydrogens (tertiary/aromatic N) is 2. The SMILES string of the molecule is N#CC(CC(=O)c1ccccc1)N1CCCCC1. The van der Waals surface area contributed by atoms with Gasteiger partial charge < -0.3 is 0 Å². The predicted octanol–water partition coefficient (Wildman–Crippen LogP) is 2.64. The van der Waals surface area contributed by atoms with E-state index in [1.165, 1.54) is 6.42 Å². The van der Waals surface area contributed by atoms with Crippen molar-refractivity contribution in [3.8, 4) is 6.07 Å². The highest BCUT2D eigenvalue weighted by Crippen LogP contribution is 2.16. The summed E-state index contributed by atoms with van der Waals surface area (Å²) in [7, 11) is 0. The van der Waals surface area contributed by atoms with Crippen molar-refractivity contribution in [2.75, 3.05) is 13.1 Å². The van der Waals surface area contributed by atoms with Crippen LogP contribution in [-0.4, -0.2) is 29.8 Å². The lowest BCUT2D eigenvalue weighted by atomic mass is 10.0. The molecule has 3 heteroatoms. The van der Waals surface area contributed by atoms with E-state index in [1.54, 1.807) is 0 Å². The minimum Gasteiger partial charge on any atom is -0.294 e. The number of carbonyl (C=O) groups excluding carboxylic acids is 1. The van der Waals surface area contributed by atoms with Gasteiger partial charge in [-0.05, 0) is 25.9 Å². The first-order chi connectivity index (χ1) is 8.81. The third kappa shape index (κ3) is 3.18. The fraction of sp³-hybridized carbons (Fsp3) is 0.467. The average molecular weight is 242 g/mol. The van der Waals surface area contributed by atoms with Gasteiger partial charge in [0, 0.05) is 12.0 Å². The van der Waals surface area contributed by atoms with Crippen LogP contribution < -0.4 is 0 Å². The Hall–Kier alpha value is -1.66. The highest BCUT2D eigenvalue weighted by Gasteiger charge is 2.23. The monoisotopic (exact) mass is 242 g/mol. The number of benzene rings is 1. The lowest BCUT2D eigenvalue weighted by Gasteiger charge is -2.30. The molecule has 0 radical (unpaired) electrons. The summed E-state index contributed by atoms with van der Waals surface area (Å²) < 4.78 is 0. The molecule has 0 saturated carbocycles. The van der Waals surface area contributed by atoms with Gasteiger partial charge in [0.25, 0.3) is 0 Å². The number of ketones is 1. The second-order valence-corrected chi connectivity index (χ2v) is 4.73. The maximum absolute atomic E-state index is 12.1. The molecular formula is C15H18N2O. The van der Waals surface area contributed by atoms with Gasteiger partial charge in [0.15, 0.2) is 5.78 Å². The zero-order chi connectivity index (χ0) is 12.8. The molecule has 3 nitrogen and oxygen atoms in total. The Kier molecular flexibility index (Phi) is 4.49. The van der Waals surface area contributed by atoms with E-state index in [4.69, 9.17) is 0 Å². The molecule has 18 heavy (non-hydrogen) atoms. The molecule has 1 aliphatic heterocycles. The zero-order valence-electron chi connectivity index (χ0n) is 10.5. The summed E-state index contributed by atoms with van der Waals surface area (Å²) in [5, 5.41) is 9.23. The van der Waals surface area contributed by atoms with Crippen molar-refractivity contribution < 1.29 is 4.79 Å². The van der Waals surface area contributed by atoms with Crippen LogP contribution in [0, 0.1) is 11.3 Å². The molecule has 0 N–H and O–H groups in total. The first kappa shape index (κ1) is 12.8. The first-order valence-electron chi connectivity index (χ1n) is 6.53. The molecule has 0 aliphatic carbocycles. The largest absolute Gasteiger partial charge is 0.294 e. The van der Waals surface area contributed by atoms with Crippen molar-refractivity contribution in [1.82, 2.24) is 4.90 Å². The minimum atomic E-state index is -0.266. The number of nitriles is 1. The fourth-order valence-electron chi connectivity index (χ4n) is 2.40. The number of Topliss-reactive ketones (excluding diaryl/α,β-unsaturated/α-hetero) is 1. The van der Waals surface area contributed by atoms with Gasteiger partial charge in [0.1, 0.15) is 6.04 Å². The van der Waals surface area contributed by atoms with Gasteiger partial charge in [0.2, 0.25) is 0 Å². The lowest BCUT2D eigenvalue weighted by molar-refractivity contribution is 0.0932. The van der Waals surface area contributed by atoms with Crippen molar-refractivity contribution in [2.45, 2.75) is 31.7 Å². The summed E-state index contributed by atoms with van der Waals surface area (Å²) in [6.45, 7) is 1.89. The van der Waals surface area contributed by atoms with E-state index in [-0.39, 0.29) is 11.8 Å². The van der Waals surface area contributed by atoms with E-state index < -0.39 is 0 Å². The Morgan fingerprint density at radius 3 is 2.50 bits per heavy atom. The van der Waals surface area contributed by atoms with E-state index in [0.717, 1.165) is 25.9 Å². The fourth-order valence-corrected chi connectivity index (χ4v) is 2.40. The molecule has 0 spiro atoms. The van der Waals surface area contributed by atoms with Crippen LogP contribution in [0.15, 0.2) is 30.3 Å². The predicted molar refractivity (Wildman–Crippen MR) is 70.2 cm³/mol. The molecule has 1 aliphatic rings. The molecule has 0 aromatic heterocycles. The summed E-state index contributed by atoms with van der Waals surface area (Å²) in [5.41, 5.74) is 0.703. The Morgan fingerprint density at radius 2 is 1.89 bits per heavy atom. The molecule has 2 rings (SSSR count). The highest BCUT2D eigenvalue weighted by molar-refractivity contribution is 5.96. The maximum atomic E-state index is 12.1. The van der Waals surface area contributed by atoms with Crippen LogP contribution in [0.2, 0.25) is 0 Å². The van der Waals surface area contributed by atoms with E-state index >= 15 is 0 Å². The Balaban J connectivity index is 1.98. The van der Waals surface area contributed by atoms with E-state index in [0.29, 0.717) is 12.0 Å². The molecule has 1 saturated heterocycles. The van der Waals surface area contributed by atoms with E-state index in [2.05, 4.69) is 11.0 Å². The molecule has 94 valence electrons. The van der Waals surface area contributed by atoms with Crippen LogP contribution in [0.4, 0.5) is 0 Å². The summed E-state index contributed by atoms with van der Waals surface area (Å²) in [6.07, 6.45) is 3.82. The van der Waals surface area contributed by atoms with Gasteiger partial charge in [-0.15, -0.1) is 0 Å². The number of piperidine rings is 1. The van der Waals surface area contributed by atoms with E-state index in [1.807, 2.05) is 30.3 Å². The molecule has 0 amide bonds. The average Bonchev–Trinajstić information content (AvgIpc) is 2.46. The summed E-state index contributed by atoms with van der Waals surface area (Å²) in [6, 6.07) is 11.2. The van der Waals surface area contributed by atoms with Gasteiger partial charge in [-0.3, -0.25) is 9.69 Å². The van der Waals surface area contributed by atoms with Crippen molar-refractivity contribution in [1.29, 1.82) is 5.26 Å². The third-order valence-corrected chi connectivity index (χ3v) is 3.45. The number of carbonyl (C=O) groups is 1. The number of hydrogen-bond donors (Lipinski definition) is 0. The van der Waals surface area contributed by atoms with Crippen LogP contribution >= 0.6 is 0 Å². The summed E-state index contributed by atoms with van der Waals surface area (Å²) in [5.74, 6) is 0.0627. The second-order valence-electron chi connectivity index (χ2n) is 4.73. The van der Waals surface area contributed by atoms with Crippen molar-refractivity contribution in [3.63, 3.8) is 0 Å². The molecular weight excluding hydrogens is 224 g/mol. The molecule has 1 aromatic rings. The van der Waals surface area contributed by atoms with Gasteiger partial charge in [0.05, 0.1) is 6.07 Å². The number of hydrogen-bond acceptors (Lipinski definition) is 3. The lowest BCUT2D eigenvalue weighted by Crippen LogP contribution is -2.39. The van der Waals surface area contributed by atoms with Gasteiger partial charge in [-0.1, -0.05) is 36.8 Å². The van der Waals surface area contributed by atoms with E-state index in [9.17, 15) is 10.1 Å². The van der Waals surface area contributed by atoms with Crippen molar-refractivity contribution >= 4 is 5.78 Å². The second kappa shape index (κ2) is 6.32. The van der Waals surface area contributed by atoms with Gasteiger partial charge >= 0.3 is 0 Å². The summed E-state index contributed by atoms with van der Waals surface area (Å²) in [4.78, 5) is 14.2. The highest BCUT2D eigenvalue weighted by atomic mass is 16.1. The first-order valence-corrected chi connectivity index (χ1v) is 6.53. The molecule has 0 bridgehead atoms. The molecule has 1 atom stereocenters. The quantitative estimate of drug-likeness (QED) is 0.762. The minimum absolute atomic E-state index is 0.0627. The Labute approximate surface area is 108 Å². The molecule has 1 heterocycles.